The van der Waals surface area contributed by atoms with Gasteiger partial charge in [0.15, 0.2) is 5.82 Å². The van der Waals surface area contributed by atoms with Gasteiger partial charge in [0.25, 0.3) is 5.91 Å². The highest BCUT2D eigenvalue weighted by Gasteiger charge is 2.29. The fourth-order valence-corrected chi connectivity index (χ4v) is 5.57. The zero-order valence-corrected chi connectivity index (χ0v) is 20.8. The summed E-state index contributed by atoms with van der Waals surface area (Å²) in [6, 6.07) is 14.8. The van der Waals surface area contributed by atoms with Crippen molar-refractivity contribution in [1.29, 1.82) is 0 Å². The lowest BCUT2D eigenvalue weighted by Gasteiger charge is -2.28. The largest absolute Gasteiger partial charge is 0.394 e. The molecule has 12 heteroatoms. The Bertz CT molecular complexity index is 1540. The zero-order valence-electron chi connectivity index (χ0n) is 20.0. The van der Waals surface area contributed by atoms with Gasteiger partial charge >= 0.3 is 0 Å². The number of carbonyl (C=O) groups excluding carboxylic acids is 1. The molecule has 1 amide bonds. The summed E-state index contributed by atoms with van der Waals surface area (Å²) >= 11 is 0. The van der Waals surface area contributed by atoms with E-state index in [-0.39, 0.29) is 37.2 Å². The van der Waals surface area contributed by atoms with Gasteiger partial charge in [0.05, 0.1) is 17.5 Å². The molecule has 0 unspecified atom stereocenters. The Labute approximate surface area is 221 Å². The predicted molar refractivity (Wildman–Crippen MR) is 142 cm³/mol. The first-order valence-corrected chi connectivity index (χ1v) is 13.1. The summed E-state index contributed by atoms with van der Waals surface area (Å²) in [5, 5.41) is 20.2. The van der Waals surface area contributed by atoms with Gasteiger partial charge in [0.1, 0.15) is 23.5 Å². The lowest BCUT2D eigenvalue weighted by molar-refractivity contribution is 0.102. The van der Waals surface area contributed by atoms with E-state index in [0.717, 1.165) is 11.1 Å². The first-order valence-electron chi connectivity index (χ1n) is 11.7. The second-order valence-corrected chi connectivity index (χ2v) is 10.6. The number of hydrogen-bond acceptors (Lipinski definition) is 8. The van der Waals surface area contributed by atoms with Crippen molar-refractivity contribution in [3.8, 4) is 11.5 Å². The molecule has 198 valence electrons. The molecule has 1 aromatic carbocycles. The van der Waals surface area contributed by atoms with Gasteiger partial charge in [-0.25, -0.2) is 13.4 Å². The number of nitrogens with one attached hydrogen (secondary N) is 1. The van der Waals surface area contributed by atoms with Gasteiger partial charge in [0.2, 0.25) is 10.0 Å². The average molecular weight is 536 g/mol. The van der Waals surface area contributed by atoms with Crippen LogP contribution in [0.25, 0.3) is 11.5 Å². The number of pyridine rings is 2. The van der Waals surface area contributed by atoms with Crippen molar-refractivity contribution in [3.05, 3.63) is 83.9 Å². The number of anilines is 1. The number of hydrogen-bond donors (Lipinski definition) is 2. The molecule has 1 atom stereocenters. The maximum Gasteiger partial charge on any atom is 0.275 e. The van der Waals surface area contributed by atoms with E-state index in [2.05, 4.69) is 25.5 Å². The Morgan fingerprint density at radius 1 is 1.13 bits per heavy atom. The summed E-state index contributed by atoms with van der Waals surface area (Å²) in [6.45, 7) is 2.23. The molecule has 11 nitrogen and oxygen atoms in total. The van der Waals surface area contributed by atoms with Crippen molar-refractivity contribution < 1.29 is 18.3 Å². The Kier molecular flexibility index (Phi) is 7.95. The molecule has 0 aliphatic carbocycles. The maximum atomic E-state index is 13.1. The minimum atomic E-state index is -3.65. The number of sulfonamides is 1. The molecule has 3 aromatic heterocycles. The highest BCUT2D eigenvalue weighted by Crippen LogP contribution is 2.25. The molecule has 0 fully saturated rings. The van der Waals surface area contributed by atoms with Gasteiger partial charge < -0.3 is 15.0 Å². The van der Waals surface area contributed by atoms with Gasteiger partial charge in [-0.3, -0.25) is 9.78 Å². The summed E-state index contributed by atoms with van der Waals surface area (Å²) in [4.78, 5) is 22.0. The van der Waals surface area contributed by atoms with Crippen LogP contribution in [0.1, 0.15) is 42.0 Å². The standard InChI is InChI=1S/C25H25N7O4S.CH4/c1-17(15-33)32-16-27-30-24(32)21-8-5-9-23(28-21)29-25(34)22-12-19-14-31(11-10-18(19)13-26-22)37(35,36)20-6-3-2-4-7-20;/h2-9,12-13,16-17,33H,10-11,14-15H2,1H3,(H,28,29,34);1H4/t17-;/m1./s1. The third-order valence-electron chi connectivity index (χ3n) is 6.21. The molecule has 0 spiro atoms. The van der Waals surface area contributed by atoms with Crippen molar-refractivity contribution in [3.63, 3.8) is 0 Å². The van der Waals surface area contributed by atoms with Crippen LogP contribution in [0.5, 0.6) is 0 Å². The second-order valence-electron chi connectivity index (χ2n) is 8.70. The van der Waals surface area contributed by atoms with E-state index in [1.807, 2.05) is 6.92 Å². The quantitative estimate of drug-likeness (QED) is 0.368. The van der Waals surface area contributed by atoms with E-state index in [0.29, 0.717) is 30.3 Å². The van der Waals surface area contributed by atoms with Crippen molar-refractivity contribution in [2.75, 3.05) is 18.5 Å². The molecule has 1 aliphatic rings. The number of benzene rings is 1. The second kappa shape index (κ2) is 11.2. The van der Waals surface area contributed by atoms with Crippen LogP contribution in [0.2, 0.25) is 0 Å². The fourth-order valence-electron chi connectivity index (χ4n) is 4.13. The SMILES string of the molecule is C.C[C@H](CO)n1cnnc1-c1cccc(NC(=O)c2cc3c(cn2)CCN(S(=O)(=O)c2ccccc2)C3)n1. The number of nitrogens with zero attached hydrogens (tertiary/aromatic N) is 6. The minimum absolute atomic E-state index is 0. The van der Waals surface area contributed by atoms with E-state index in [1.54, 1.807) is 65.4 Å². The van der Waals surface area contributed by atoms with Crippen LogP contribution in [0.3, 0.4) is 0 Å². The number of fused-ring (bicyclic) bond motifs is 1. The number of amides is 1. The molecule has 0 radical (unpaired) electrons. The molecule has 38 heavy (non-hydrogen) atoms. The summed E-state index contributed by atoms with van der Waals surface area (Å²) in [5.74, 6) is 0.284. The highest BCUT2D eigenvalue weighted by molar-refractivity contribution is 7.89. The van der Waals surface area contributed by atoms with Crippen LogP contribution in [0.4, 0.5) is 5.82 Å². The molecular formula is C26H29N7O4S. The van der Waals surface area contributed by atoms with Gasteiger partial charge in [-0.1, -0.05) is 31.7 Å². The monoisotopic (exact) mass is 535 g/mol. The van der Waals surface area contributed by atoms with Gasteiger partial charge in [-0.15, -0.1) is 10.2 Å². The third-order valence-corrected chi connectivity index (χ3v) is 8.07. The Morgan fingerprint density at radius 3 is 2.68 bits per heavy atom. The van der Waals surface area contributed by atoms with Crippen molar-refractivity contribution >= 4 is 21.7 Å². The topological polar surface area (TPSA) is 143 Å². The van der Waals surface area contributed by atoms with E-state index >= 15 is 0 Å². The number of rotatable bonds is 7. The number of carbonyl (C=O) groups is 1. The van der Waals surface area contributed by atoms with E-state index in [9.17, 15) is 18.3 Å². The number of aliphatic hydroxyl groups excluding tert-OH is 1. The summed E-state index contributed by atoms with van der Waals surface area (Å²) in [6.07, 6.45) is 3.65. The highest BCUT2D eigenvalue weighted by atomic mass is 32.2. The summed E-state index contributed by atoms with van der Waals surface area (Å²) in [7, 11) is -3.65. The minimum Gasteiger partial charge on any atom is -0.394 e. The van der Waals surface area contributed by atoms with Crippen LogP contribution in [0, 0.1) is 0 Å². The Hall–Kier alpha value is -4.00. The molecule has 0 bridgehead atoms. The first-order chi connectivity index (χ1) is 17.9. The maximum absolute atomic E-state index is 13.1. The van der Waals surface area contributed by atoms with E-state index in [1.165, 1.54) is 10.6 Å². The summed E-state index contributed by atoms with van der Waals surface area (Å²) in [5.41, 5.74) is 2.28. The molecule has 4 aromatic rings. The summed E-state index contributed by atoms with van der Waals surface area (Å²) < 4.78 is 29.3. The van der Waals surface area contributed by atoms with Gasteiger partial charge in [0, 0.05) is 19.3 Å². The smallest absolute Gasteiger partial charge is 0.275 e. The van der Waals surface area contributed by atoms with Crippen molar-refractivity contribution in [2.24, 2.45) is 0 Å². The third kappa shape index (κ3) is 5.32. The predicted octanol–water partition coefficient (Wildman–Crippen LogP) is 2.92. The molecule has 0 saturated heterocycles. The molecule has 5 rings (SSSR count). The molecule has 2 N–H and O–H groups in total. The number of aromatic nitrogens is 5. The van der Waals surface area contributed by atoms with Crippen molar-refractivity contribution in [1.82, 2.24) is 29.0 Å². The lowest BCUT2D eigenvalue weighted by atomic mass is 10.0. The lowest BCUT2D eigenvalue weighted by Crippen LogP contribution is -2.36. The normalized spacial score (nSPS) is 14.3. The molecule has 1 aliphatic heterocycles. The van der Waals surface area contributed by atoms with Crippen LogP contribution in [0.15, 0.2) is 72.0 Å². The van der Waals surface area contributed by atoms with Crippen LogP contribution < -0.4 is 5.32 Å². The van der Waals surface area contributed by atoms with E-state index < -0.39 is 15.9 Å². The average Bonchev–Trinajstić information content (AvgIpc) is 3.43. The van der Waals surface area contributed by atoms with Crippen LogP contribution >= 0.6 is 0 Å². The number of aliphatic hydroxyl groups is 1. The molecule has 4 heterocycles. The van der Waals surface area contributed by atoms with Crippen molar-refractivity contribution in [2.45, 2.75) is 38.3 Å². The van der Waals surface area contributed by atoms with Crippen LogP contribution in [-0.4, -0.2) is 61.6 Å². The zero-order chi connectivity index (χ0) is 26.0. The molecule has 0 saturated carbocycles. The fraction of sp³-hybridized carbons (Fsp3) is 0.269. The molecular weight excluding hydrogens is 506 g/mol. The first kappa shape index (κ1) is 27.0. The van der Waals surface area contributed by atoms with Crippen LogP contribution in [-0.2, 0) is 23.0 Å². The Balaban J connectivity index is 0.00000336. The van der Waals surface area contributed by atoms with E-state index in [4.69, 9.17) is 0 Å². The van der Waals surface area contributed by atoms with Gasteiger partial charge in [-0.2, -0.15) is 4.31 Å². The Morgan fingerprint density at radius 2 is 1.92 bits per heavy atom. The van der Waals surface area contributed by atoms with Gasteiger partial charge in [-0.05, 0) is 54.8 Å².